The number of likely N-dealkylation sites (tertiary alicyclic amines) is 1. The van der Waals surface area contributed by atoms with E-state index in [0.29, 0.717) is 22.6 Å². The molecule has 1 saturated heterocycles. The molecular formula is C21H21ClN4O2S. The van der Waals surface area contributed by atoms with Gasteiger partial charge in [-0.15, -0.1) is 10.2 Å². The molecule has 4 rings (SSSR count). The second kappa shape index (κ2) is 8.47. The van der Waals surface area contributed by atoms with E-state index in [1.165, 1.54) is 11.8 Å². The van der Waals surface area contributed by atoms with Gasteiger partial charge in [0.1, 0.15) is 5.75 Å². The van der Waals surface area contributed by atoms with Crippen LogP contribution in [0.2, 0.25) is 5.02 Å². The summed E-state index contributed by atoms with van der Waals surface area (Å²) in [5, 5.41) is 9.99. The monoisotopic (exact) mass is 428 g/mol. The van der Waals surface area contributed by atoms with Crippen molar-refractivity contribution in [2.24, 2.45) is 0 Å². The van der Waals surface area contributed by atoms with Crippen molar-refractivity contribution in [2.45, 2.75) is 23.8 Å². The highest BCUT2D eigenvalue weighted by atomic mass is 35.5. The second-order valence-corrected chi connectivity index (χ2v) is 8.34. The normalized spacial score (nSPS) is 16.4. The standard InChI is InChI=1S/C21H21ClN4O2S/c1-3-28-17-9-7-16(8-10-17)26-19(14-5-4-6-15(22)13-14)23-24-21(26)29-18-11-12-25(2)20(18)27/h4-10,13,18H,3,11-12H2,1-2H3. The van der Waals surface area contributed by atoms with Crippen molar-refractivity contribution in [3.8, 4) is 22.8 Å². The average Bonchev–Trinajstić information content (AvgIpc) is 3.28. The van der Waals surface area contributed by atoms with Gasteiger partial charge in [-0.1, -0.05) is 35.5 Å². The first-order valence-electron chi connectivity index (χ1n) is 9.43. The summed E-state index contributed by atoms with van der Waals surface area (Å²) in [7, 11) is 1.83. The molecule has 1 aliphatic heterocycles. The highest BCUT2D eigenvalue weighted by Crippen LogP contribution is 2.34. The minimum absolute atomic E-state index is 0.126. The fraction of sp³-hybridized carbons (Fsp3) is 0.286. The Hall–Kier alpha value is -2.51. The number of amides is 1. The van der Waals surface area contributed by atoms with Gasteiger partial charge in [0.05, 0.1) is 11.9 Å². The summed E-state index contributed by atoms with van der Waals surface area (Å²) in [5.74, 6) is 1.61. The third kappa shape index (κ3) is 4.11. The molecule has 150 valence electrons. The first-order chi connectivity index (χ1) is 14.1. The third-order valence-electron chi connectivity index (χ3n) is 4.75. The lowest BCUT2D eigenvalue weighted by Gasteiger charge is -2.13. The minimum Gasteiger partial charge on any atom is -0.494 e. The molecule has 8 heteroatoms. The van der Waals surface area contributed by atoms with Crippen molar-refractivity contribution < 1.29 is 9.53 Å². The van der Waals surface area contributed by atoms with Gasteiger partial charge in [-0.2, -0.15) is 0 Å². The lowest BCUT2D eigenvalue weighted by molar-refractivity contribution is -0.126. The average molecular weight is 429 g/mol. The minimum atomic E-state index is -0.155. The van der Waals surface area contributed by atoms with Crippen LogP contribution in [0.15, 0.2) is 53.7 Å². The topological polar surface area (TPSA) is 60.2 Å². The van der Waals surface area contributed by atoms with Gasteiger partial charge in [0, 0.05) is 29.9 Å². The van der Waals surface area contributed by atoms with Crippen LogP contribution in [-0.2, 0) is 4.79 Å². The number of ether oxygens (including phenoxy) is 1. The molecule has 2 aromatic carbocycles. The van der Waals surface area contributed by atoms with Crippen LogP contribution in [0.1, 0.15) is 13.3 Å². The van der Waals surface area contributed by atoms with E-state index in [1.807, 2.05) is 67.1 Å². The quantitative estimate of drug-likeness (QED) is 0.585. The van der Waals surface area contributed by atoms with E-state index < -0.39 is 0 Å². The molecule has 0 saturated carbocycles. The number of hydrogen-bond donors (Lipinski definition) is 0. The van der Waals surface area contributed by atoms with Gasteiger partial charge in [-0.25, -0.2) is 0 Å². The molecule has 1 atom stereocenters. The number of benzene rings is 2. The molecule has 1 amide bonds. The van der Waals surface area contributed by atoms with Crippen LogP contribution < -0.4 is 4.74 Å². The summed E-state index contributed by atoms with van der Waals surface area (Å²) >= 11 is 7.65. The first-order valence-corrected chi connectivity index (χ1v) is 10.7. The molecular weight excluding hydrogens is 408 g/mol. The van der Waals surface area contributed by atoms with Crippen molar-refractivity contribution in [3.05, 3.63) is 53.6 Å². The molecule has 0 bridgehead atoms. The van der Waals surface area contributed by atoms with Gasteiger partial charge in [0.15, 0.2) is 11.0 Å². The van der Waals surface area contributed by atoms with E-state index in [0.717, 1.165) is 30.0 Å². The van der Waals surface area contributed by atoms with Crippen LogP contribution in [0, 0.1) is 0 Å². The van der Waals surface area contributed by atoms with E-state index in [1.54, 1.807) is 4.90 Å². The predicted molar refractivity (Wildman–Crippen MR) is 115 cm³/mol. The molecule has 6 nitrogen and oxygen atoms in total. The maximum Gasteiger partial charge on any atom is 0.235 e. The molecule has 1 unspecified atom stereocenters. The van der Waals surface area contributed by atoms with Gasteiger partial charge in [0.25, 0.3) is 0 Å². The zero-order chi connectivity index (χ0) is 20.4. The molecule has 1 fully saturated rings. The van der Waals surface area contributed by atoms with Crippen LogP contribution in [0.5, 0.6) is 5.75 Å². The smallest absolute Gasteiger partial charge is 0.235 e. The molecule has 2 heterocycles. The van der Waals surface area contributed by atoms with Crippen LogP contribution >= 0.6 is 23.4 Å². The molecule has 0 N–H and O–H groups in total. The summed E-state index contributed by atoms with van der Waals surface area (Å²) in [6, 6.07) is 15.3. The van der Waals surface area contributed by atoms with Gasteiger partial charge in [-0.05, 0) is 49.7 Å². The Kier molecular flexibility index (Phi) is 5.78. The van der Waals surface area contributed by atoms with Crippen LogP contribution in [0.3, 0.4) is 0 Å². The zero-order valence-corrected chi connectivity index (χ0v) is 17.8. The van der Waals surface area contributed by atoms with Crippen LogP contribution in [0.4, 0.5) is 0 Å². The summed E-state index contributed by atoms with van der Waals surface area (Å²) in [6.07, 6.45) is 0.794. The number of hydrogen-bond acceptors (Lipinski definition) is 5. The van der Waals surface area contributed by atoms with Crippen molar-refractivity contribution in [2.75, 3.05) is 20.2 Å². The fourth-order valence-electron chi connectivity index (χ4n) is 3.28. The van der Waals surface area contributed by atoms with E-state index in [4.69, 9.17) is 16.3 Å². The lowest BCUT2D eigenvalue weighted by Crippen LogP contribution is -2.24. The molecule has 0 spiro atoms. The van der Waals surface area contributed by atoms with Gasteiger partial charge >= 0.3 is 0 Å². The molecule has 3 aromatic rings. The molecule has 29 heavy (non-hydrogen) atoms. The summed E-state index contributed by atoms with van der Waals surface area (Å²) in [5.41, 5.74) is 1.76. The van der Waals surface area contributed by atoms with Crippen molar-refractivity contribution in [1.29, 1.82) is 0 Å². The number of carbonyl (C=O) groups excluding carboxylic acids is 1. The van der Waals surface area contributed by atoms with E-state index in [2.05, 4.69) is 10.2 Å². The fourth-order valence-corrected chi connectivity index (χ4v) is 4.61. The van der Waals surface area contributed by atoms with Crippen LogP contribution in [-0.4, -0.2) is 51.0 Å². The van der Waals surface area contributed by atoms with E-state index in [-0.39, 0.29) is 11.2 Å². The van der Waals surface area contributed by atoms with Gasteiger partial charge < -0.3 is 9.64 Å². The van der Waals surface area contributed by atoms with E-state index >= 15 is 0 Å². The Balaban J connectivity index is 1.76. The van der Waals surface area contributed by atoms with Gasteiger partial charge in [-0.3, -0.25) is 9.36 Å². The summed E-state index contributed by atoms with van der Waals surface area (Å²) in [6.45, 7) is 3.32. The maximum absolute atomic E-state index is 12.4. The van der Waals surface area contributed by atoms with Crippen LogP contribution in [0.25, 0.3) is 17.1 Å². The molecule has 1 aliphatic rings. The van der Waals surface area contributed by atoms with Crippen molar-refractivity contribution >= 4 is 29.3 Å². The number of aromatic nitrogens is 3. The second-order valence-electron chi connectivity index (χ2n) is 6.73. The van der Waals surface area contributed by atoms with Crippen molar-refractivity contribution in [3.63, 3.8) is 0 Å². The maximum atomic E-state index is 12.4. The number of nitrogens with zero attached hydrogens (tertiary/aromatic N) is 4. The lowest BCUT2D eigenvalue weighted by atomic mass is 10.2. The van der Waals surface area contributed by atoms with Gasteiger partial charge in [0.2, 0.25) is 5.91 Å². The largest absolute Gasteiger partial charge is 0.494 e. The third-order valence-corrected chi connectivity index (χ3v) is 6.18. The van der Waals surface area contributed by atoms with E-state index in [9.17, 15) is 4.79 Å². The first kappa shape index (κ1) is 19.8. The van der Waals surface area contributed by atoms with Crippen molar-refractivity contribution in [1.82, 2.24) is 19.7 Å². The Morgan fingerprint density at radius 2 is 2.00 bits per heavy atom. The SMILES string of the molecule is CCOc1ccc(-n2c(SC3CCN(C)C3=O)nnc2-c2cccc(Cl)c2)cc1. The Morgan fingerprint density at radius 3 is 2.66 bits per heavy atom. The Bertz CT molecular complexity index is 1020. The highest BCUT2D eigenvalue weighted by molar-refractivity contribution is 8.00. The molecule has 0 radical (unpaired) electrons. The zero-order valence-electron chi connectivity index (χ0n) is 16.2. The molecule has 0 aliphatic carbocycles. The summed E-state index contributed by atoms with van der Waals surface area (Å²) < 4.78 is 7.53. The predicted octanol–water partition coefficient (Wildman–Crippen LogP) is 4.31. The summed E-state index contributed by atoms with van der Waals surface area (Å²) in [4.78, 5) is 14.2. The number of thioether (sulfide) groups is 1. The Labute approximate surface area is 178 Å². The molecule has 1 aromatic heterocycles. The number of halogens is 1. The Morgan fingerprint density at radius 1 is 1.21 bits per heavy atom. The highest BCUT2D eigenvalue weighted by Gasteiger charge is 2.32. The number of rotatable bonds is 6. The number of carbonyl (C=O) groups is 1.